The van der Waals surface area contributed by atoms with Crippen LogP contribution >= 0.6 is 22.9 Å². The van der Waals surface area contributed by atoms with Crippen molar-refractivity contribution in [2.75, 3.05) is 0 Å². The summed E-state index contributed by atoms with van der Waals surface area (Å²) in [6.45, 7) is 0.744. The highest BCUT2D eigenvalue weighted by molar-refractivity contribution is 7.17. The van der Waals surface area contributed by atoms with Gasteiger partial charge in [-0.3, -0.25) is 0 Å². The molecule has 2 heterocycles. The lowest BCUT2D eigenvalue weighted by atomic mass is 10.2. The second-order valence-corrected chi connectivity index (χ2v) is 4.98. The number of halogens is 1. The Bertz CT molecular complexity index is 644. The minimum absolute atomic E-state index is 0.407. The Morgan fingerprint density at radius 2 is 2.18 bits per heavy atom. The smallest absolute Gasteiger partial charge is 0.0974 e. The summed E-state index contributed by atoms with van der Waals surface area (Å²) in [4.78, 5) is 0. The van der Waals surface area contributed by atoms with Crippen molar-refractivity contribution >= 4 is 33.0 Å². The zero-order valence-corrected chi connectivity index (χ0v) is 10.6. The summed E-state index contributed by atoms with van der Waals surface area (Å²) in [5.74, 6) is 0.407. The van der Waals surface area contributed by atoms with Crippen LogP contribution in [0.4, 0.5) is 0 Å². The Morgan fingerprint density at radius 3 is 3.00 bits per heavy atom. The SMILES string of the molecule is ClCc1cn(Cc2csc3ccccc23)nn1. The standard InChI is InChI=1S/C12H10ClN3S/c13-5-10-7-16(15-14-10)6-9-8-17-12-4-2-1-3-11(9)12/h1-4,7-8H,5-6H2. The van der Waals surface area contributed by atoms with Crippen LogP contribution in [0.5, 0.6) is 0 Å². The largest absolute Gasteiger partial charge is 0.248 e. The maximum atomic E-state index is 5.70. The summed E-state index contributed by atoms with van der Waals surface area (Å²) < 4.78 is 3.13. The van der Waals surface area contributed by atoms with Crippen molar-refractivity contribution in [3.05, 3.63) is 47.1 Å². The van der Waals surface area contributed by atoms with Gasteiger partial charge in [0.15, 0.2) is 0 Å². The van der Waals surface area contributed by atoms with E-state index in [4.69, 9.17) is 11.6 Å². The van der Waals surface area contributed by atoms with Gasteiger partial charge < -0.3 is 0 Å². The Morgan fingerprint density at radius 1 is 1.29 bits per heavy atom. The Kier molecular flexibility index (Phi) is 2.82. The highest BCUT2D eigenvalue weighted by atomic mass is 35.5. The fraction of sp³-hybridized carbons (Fsp3) is 0.167. The van der Waals surface area contributed by atoms with E-state index in [0.717, 1.165) is 12.2 Å². The molecule has 3 rings (SSSR count). The summed E-state index contributed by atoms with van der Waals surface area (Å²) in [5.41, 5.74) is 2.09. The number of alkyl halides is 1. The van der Waals surface area contributed by atoms with E-state index in [0.29, 0.717) is 5.88 Å². The average Bonchev–Trinajstić information content (AvgIpc) is 2.97. The summed E-state index contributed by atoms with van der Waals surface area (Å²) in [5, 5.41) is 11.5. The van der Waals surface area contributed by atoms with E-state index < -0.39 is 0 Å². The molecule has 0 spiro atoms. The molecule has 0 unspecified atom stereocenters. The van der Waals surface area contributed by atoms with E-state index in [2.05, 4.69) is 40.0 Å². The molecule has 0 aliphatic heterocycles. The molecular weight excluding hydrogens is 254 g/mol. The van der Waals surface area contributed by atoms with Crippen LogP contribution in [0.2, 0.25) is 0 Å². The molecule has 3 aromatic rings. The van der Waals surface area contributed by atoms with Gasteiger partial charge in [-0.25, -0.2) is 4.68 Å². The van der Waals surface area contributed by atoms with Crippen molar-refractivity contribution in [2.45, 2.75) is 12.4 Å². The fourth-order valence-corrected chi connectivity index (χ4v) is 2.88. The number of fused-ring (bicyclic) bond motifs is 1. The van der Waals surface area contributed by atoms with Gasteiger partial charge in [0.05, 0.1) is 24.3 Å². The fourth-order valence-electron chi connectivity index (χ4n) is 1.81. The predicted octanol–water partition coefficient (Wildman–Crippen LogP) is 3.28. The second kappa shape index (κ2) is 4.47. The number of hydrogen-bond acceptors (Lipinski definition) is 3. The monoisotopic (exact) mass is 263 g/mol. The van der Waals surface area contributed by atoms with Crippen LogP contribution in [-0.4, -0.2) is 15.0 Å². The lowest BCUT2D eigenvalue weighted by Gasteiger charge is -1.98. The lowest BCUT2D eigenvalue weighted by molar-refractivity contribution is 0.653. The molecular formula is C12H10ClN3S. The quantitative estimate of drug-likeness (QED) is 0.679. The number of benzene rings is 1. The maximum Gasteiger partial charge on any atom is 0.0974 e. The van der Waals surface area contributed by atoms with Crippen LogP contribution in [0.3, 0.4) is 0 Å². The zero-order chi connectivity index (χ0) is 11.7. The first-order valence-corrected chi connectivity index (χ1v) is 6.68. The molecule has 0 aliphatic carbocycles. The third kappa shape index (κ3) is 2.06. The van der Waals surface area contributed by atoms with Gasteiger partial charge in [0, 0.05) is 4.70 Å². The molecule has 0 atom stereocenters. The molecule has 1 aromatic carbocycles. The highest BCUT2D eigenvalue weighted by Crippen LogP contribution is 2.26. The normalized spacial score (nSPS) is 11.1. The maximum absolute atomic E-state index is 5.70. The Hall–Kier alpha value is -1.39. The highest BCUT2D eigenvalue weighted by Gasteiger charge is 2.05. The first kappa shape index (κ1) is 10.7. The molecule has 0 saturated heterocycles. The van der Waals surface area contributed by atoms with Gasteiger partial charge in [-0.05, 0) is 22.4 Å². The van der Waals surface area contributed by atoms with Crippen molar-refractivity contribution in [1.82, 2.24) is 15.0 Å². The topological polar surface area (TPSA) is 30.7 Å². The molecule has 0 N–H and O–H groups in total. The number of aromatic nitrogens is 3. The number of thiophene rings is 1. The van der Waals surface area contributed by atoms with E-state index >= 15 is 0 Å². The first-order valence-electron chi connectivity index (χ1n) is 5.27. The van der Waals surface area contributed by atoms with Crippen LogP contribution < -0.4 is 0 Å². The van der Waals surface area contributed by atoms with Crippen LogP contribution in [0.1, 0.15) is 11.3 Å². The summed E-state index contributed by atoms with van der Waals surface area (Å²) >= 11 is 7.46. The lowest BCUT2D eigenvalue weighted by Crippen LogP contribution is -1.99. The van der Waals surface area contributed by atoms with Crippen LogP contribution in [0, 0.1) is 0 Å². The third-order valence-corrected chi connectivity index (χ3v) is 3.90. The Labute approximate surface area is 108 Å². The molecule has 3 nitrogen and oxygen atoms in total. The van der Waals surface area contributed by atoms with Crippen molar-refractivity contribution in [2.24, 2.45) is 0 Å². The van der Waals surface area contributed by atoms with Gasteiger partial charge in [0.25, 0.3) is 0 Å². The van der Waals surface area contributed by atoms with Gasteiger partial charge in [-0.2, -0.15) is 0 Å². The second-order valence-electron chi connectivity index (χ2n) is 3.80. The van der Waals surface area contributed by atoms with Gasteiger partial charge in [0.2, 0.25) is 0 Å². The van der Waals surface area contributed by atoms with Gasteiger partial charge in [-0.15, -0.1) is 28.0 Å². The van der Waals surface area contributed by atoms with Gasteiger partial charge in [-0.1, -0.05) is 23.4 Å². The van der Waals surface area contributed by atoms with E-state index in [1.807, 2.05) is 10.9 Å². The molecule has 0 bridgehead atoms. The minimum Gasteiger partial charge on any atom is -0.248 e. The minimum atomic E-state index is 0.407. The molecule has 0 fully saturated rings. The summed E-state index contributed by atoms with van der Waals surface area (Å²) in [6.07, 6.45) is 1.89. The average molecular weight is 264 g/mol. The third-order valence-electron chi connectivity index (χ3n) is 2.62. The summed E-state index contributed by atoms with van der Waals surface area (Å²) in [7, 11) is 0. The number of nitrogens with zero attached hydrogens (tertiary/aromatic N) is 3. The molecule has 17 heavy (non-hydrogen) atoms. The summed E-state index contributed by atoms with van der Waals surface area (Å²) in [6, 6.07) is 8.39. The van der Waals surface area contributed by atoms with Crippen molar-refractivity contribution in [3.63, 3.8) is 0 Å². The van der Waals surface area contributed by atoms with Crippen LogP contribution in [0.25, 0.3) is 10.1 Å². The van der Waals surface area contributed by atoms with E-state index in [9.17, 15) is 0 Å². The van der Waals surface area contributed by atoms with Gasteiger partial charge >= 0.3 is 0 Å². The zero-order valence-electron chi connectivity index (χ0n) is 9.01. The molecule has 0 radical (unpaired) electrons. The van der Waals surface area contributed by atoms with E-state index in [-0.39, 0.29) is 0 Å². The van der Waals surface area contributed by atoms with Crippen molar-refractivity contribution in [1.29, 1.82) is 0 Å². The predicted molar refractivity (Wildman–Crippen MR) is 70.5 cm³/mol. The number of hydrogen-bond donors (Lipinski definition) is 0. The van der Waals surface area contributed by atoms with Gasteiger partial charge in [0.1, 0.15) is 0 Å². The molecule has 0 amide bonds. The molecule has 86 valence electrons. The molecule has 0 saturated carbocycles. The van der Waals surface area contributed by atoms with Crippen molar-refractivity contribution in [3.8, 4) is 0 Å². The number of rotatable bonds is 3. The van der Waals surface area contributed by atoms with E-state index in [1.165, 1.54) is 15.6 Å². The molecule has 2 aromatic heterocycles. The molecule has 5 heteroatoms. The van der Waals surface area contributed by atoms with Crippen LogP contribution in [0.15, 0.2) is 35.8 Å². The van der Waals surface area contributed by atoms with Crippen LogP contribution in [-0.2, 0) is 12.4 Å². The first-order chi connectivity index (χ1) is 8.36. The molecule has 0 aliphatic rings. The van der Waals surface area contributed by atoms with E-state index in [1.54, 1.807) is 11.3 Å². The van der Waals surface area contributed by atoms with Crippen molar-refractivity contribution < 1.29 is 0 Å². The Balaban J connectivity index is 1.94.